The highest BCUT2D eigenvalue weighted by molar-refractivity contribution is 5.81. The number of aryl methyl sites for hydroxylation is 1. The van der Waals surface area contributed by atoms with Gasteiger partial charge >= 0.3 is 0 Å². The van der Waals surface area contributed by atoms with Crippen LogP contribution in [0, 0.1) is 6.92 Å². The van der Waals surface area contributed by atoms with Gasteiger partial charge in [0.1, 0.15) is 5.65 Å². The van der Waals surface area contributed by atoms with E-state index in [-0.39, 0.29) is 0 Å². The van der Waals surface area contributed by atoms with E-state index in [4.69, 9.17) is 14.6 Å². The quantitative estimate of drug-likeness (QED) is 0.500. The van der Waals surface area contributed by atoms with E-state index in [0.717, 1.165) is 44.9 Å². The number of rotatable bonds is 4. The summed E-state index contributed by atoms with van der Waals surface area (Å²) in [6.45, 7) is 1.99. The van der Waals surface area contributed by atoms with Crippen molar-refractivity contribution in [3.05, 3.63) is 60.6 Å². The standard InChI is InChI=1S/C22H19N5O2/c1-13-21(16-10-15-8-9-23-22(15)24-12-16)27-20(25-13)7-5-17(26-27)14-4-6-18(28-2)19(11-14)29-3/h4-12H,1-3H3,(H,23,24). The molecule has 29 heavy (non-hydrogen) atoms. The van der Waals surface area contributed by atoms with Crippen LogP contribution in [-0.4, -0.2) is 38.8 Å². The Morgan fingerprint density at radius 1 is 0.931 bits per heavy atom. The van der Waals surface area contributed by atoms with Gasteiger partial charge in [0.25, 0.3) is 0 Å². The van der Waals surface area contributed by atoms with Crippen molar-refractivity contribution in [2.24, 2.45) is 0 Å². The molecule has 0 fully saturated rings. The molecule has 0 bridgehead atoms. The second-order valence-corrected chi connectivity index (χ2v) is 6.74. The number of nitrogens with zero attached hydrogens (tertiary/aromatic N) is 4. The topological polar surface area (TPSA) is 77.3 Å². The van der Waals surface area contributed by atoms with Gasteiger partial charge in [-0.25, -0.2) is 14.5 Å². The summed E-state index contributed by atoms with van der Waals surface area (Å²) in [4.78, 5) is 12.3. The van der Waals surface area contributed by atoms with E-state index < -0.39 is 0 Å². The van der Waals surface area contributed by atoms with Crippen molar-refractivity contribution in [3.8, 4) is 34.0 Å². The Balaban J connectivity index is 1.68. The third kappa shape index (κ3) is 2.79. The number of fused-ring (bicyclic) bond motifs is 2. The molecule has 0 aliphatic carbocycles. The Labute approximate surface area is 167 Å². The summed E-state index contributed by atoms with van der Waals surface area (Å²) < 4.78 is 12.6. The number of imidazole rings is 1. The first-order valence-corrected chi connectivity index (χ1v) is 9.20. The van der Waals surface area contributed by atoms with Gasteiger partial charge in [0.2, 0.25) is 0 Å². The van der Waals surface area contributed by atoms with Crippen molar-refractivity contribution in [2.45, 2.75) is 6.92 Å². The van der Waals surface area contributed by atoms with Crippen LogP contribution in [0.5, 0.6) is 11.5 Å². The number of hydrogen-bond donors (Lipinski definition) is 1. The van der Waals surface area contributed by atoms with E-state index in [1.165, 1.54) is 0 Å². The molecule has 0 aliphatic rings. The molecule has 4 aromatic heterocycles. The summed E-state index contributed by atoms with van der Waals surface area (Å²) in [6.07, 6.45) is 3.73. The molecular formula is C22H19N5O2. The minimum Gasteiger partial charge on any atom is -0.493 e. The van der Waals surface area contributed by atoms with Crippen molar-refractivity contribution in [1.82, 2.24) is 24.6 Å². The Morgan fingerprint density at radius 3 is 2.62 bits per heavy atom. The molecule has 4 heterocycles. The normalized spacial score (nSPS) is 11.3. The summed E-state index contributed by atoms with van der Waals surface area (Å²) in [6, 6.07) is 13.8. The van der Waals surface area contributed by atoms with Gasteiger partial charge in [-0.2, -0.15) is 5.10 Å². The molecule has 0 saturated heterocycles. The molecule has 0 spiro atoms. The molecule has 1 N–H and O–H groups in total. The van der Waals surface area contributed by atoms with Crippen molar-refractivity contribution < 1.29 is 9.47 Å². The van der Waals surface area contributed by atoms with Crippen molar-refractivity contribution in [3.63, 3.8) is 0 Å². The van der Waals surface area contributed by atoms with Crippen LogP contribution < -0.4 is 9.47 Å². The lowest BCUT2D eigenvalue weighted by atomic mass is 10.1. The van der Waals surface area contributed by atoms with Gasteiger partial charge in [-0.3, -0.25) is 0 Å². The van der Waals surface area contributed by atoms with E-state index in [2.05, 4.69) is 21.0 Å². The molecular weight excluding hydrogens is 366 g/mol. The maximum Gasteiger partial charge on any atom is 0.161 e. The zero-order valence-corrected chi connectivity index (χ0v) is 16.3. The Morgan fingerprint density at radius 2 is 1.79 bits per heavy atom. The minimum atomic E-state index is 0.663. The van der Waals surface area contributed by atoms with Gasteiger partial charge in [0, 0.05) is 28.9 Å². The number of benzene rings is 1. The van der Waals surface area contributed by atoms with Crippen LogP contribution in [-0.2, 0) is 0 Å². The Kier molecular flexibility index (Phi) is 3.94. The molecule has 1 aromatic carbocycles. The molecule has 0 unspecified atom stereocenters. The number of aromatic amines is 1. The van der Waals surface area contributed by atoms with E-state index in [0.29, 0.717) is 11.5 Å². The summed E-state index contributed by atoms with van der Waals surface area (Å²) in [5.74, 6) is 1.35. The Bertz CT molecular complexity index is 1350. The summed E-state index contributed by atoms with van der Waals surface area (Å²) in [5, 5.41) is 5.91. The third-order valence-electron chi connectivity index (χ3n) is 5.00. The molecule has 0 aliphatic heterocycles. The van der Waals surface area contributed by atoms with E-state index in [1.54, 1.807) is 14.2 Å². The monoisotopic (exact) mass is 385 g/mol. The summed E-state index contributed by atoms with van der Waals surface area (Å²) >= 11 is 0. The van der Waals surface area contributed by atoms with Crippen molar-refractivity contribution in [2.75, 3.05) is 14.2 Å². The minimum absolute atomic E-state index is 0.663. The molecule has 7 heteroatoms. The number of hydrogen-bond acceptors (Lipinski definition) is 5. The van der Waals surface area contributed by atoms with Gasteiger partial charge in [0.05, 0.1) is 31.3 Å². The van der Waals surface area contributed by atoms with Crippen LogP contribution in [0.2, 0.25) is 0 Å². The van der Waals surface area contributed by atoms with E-state index >= 15 is 0 Å². The zero-order valence-electron chi connectivity index (χ0n) is 16.3. The van der Waals surface area contributed by atoms with Crippen LogP contribution in [0.1, 0.15) is 5.69 Å². The van der Waals surface area contributed by atoms with Crippen LogP contribution in [0.25, 0.3) is 39.2 Å². The molecule has 0 amide bonds. The number of H-pyrrole nitrogens is 1. The molecule has 7 nitrogen and oxygen atoms in total. The molecule has 5 rings (SSSR count). The first-order valence-electron chi connectivity index (χ1n) is 9.20. The van der Waals surface area contributed by atoms with Gasteiger partial charge in [-0.15, -0.1) is 0 Å². The predicted octanol–water partition coefficient (Wildman–Crippen LogP) is 4.27. The lowest BCUT2D eigenvalue weighted by Crippen LogP contribution is -1.98. The predicted molar refractivity (Wildman–Crippen MR) is 111 cm³/mol. The van der Waals surface area contributed by atoms with Gasteiger partial charge in [-0.1, -0.05) is 0 Å². The fourth-order valence-electron chi connectivity index (χ4n) is 3.59. The maximum atomic E-state index is 5.43. The molecule has 5 aromatic rings. The fraction of sp³-hybridized carbons (Fsp3) is 0.136. The Hall–Kier alpha value is -3.87. The first-order chi connectivity index (χ1) is 14.2. The average Bonchev–Trinajstić information content (AvgIpc) is 3.35. The molecule has 0 saturated carbocycles. The molecule has 0 radical (unpaired) electrons. The van der Waals surface area contributed by atoms with Crippen LogP contribution >= 0.6 is 0 Å². The number of pyridine rings is 1. The van der Waals surface area contributed by atoms with Crippen molar-refractivity contribution in [1.29, 1.82) is 0 Å². The molecule has 144 valence electrons. The first kappa shape index (κ1) is 17.2. The van der Waals surface area contributed by atoms with E-state index in [1.807, 2.05) is 60.2 Å². The zero-order chi connectivity index (χ0) is 20.0. The smallest absolute Gasteiger partial charge is 0.161 e. The number of nitrogens with one attached hydrogen (secondary N) is 1. The number of ether oxygens (including phenoxy) is 2. The summed E-state index contributed by atoms with van der Waals surface area (Å²) in [5.41, 5.74) is 6.19. The average molecular weight is 385 g/mol. The third-order valence-corrected chi connectivity index (χ3v) is 5.00. The fourth-order valence-corrected chi connectivity index (χ4v) is 3.59. The second-order valence-electron chi connectivity index (χ2n) is 6.74. The second kappa shape index (κ2) is 6.63. The highest BCUT2D eigenvalue weighted by Gasteiger charge is 2.15. The lowest BCUT2D eigenvalue weighted by molar-refractivity contribution is 0.355. The van der Waals surface area contributed by atoms with Gasteiger partial charge in [-0.05, 0) is 49.4 Å². The number of methoxy groups -OCH3 is 2. The highest BCUT2D eigenvalue weighted by atomic mass is 16.5. The van der Waals surface area contributed by atoms with Crippen molar-refractivity contribution >= 4 is 16.7 Å². The lowest BCUT2D eigenvalue weighted by Gasteiger charge is -2.10. The van der Waals surface area contributed by atoms with Crippen LogP contribution in [0.3, 0.4) is 0 Å². The van der Waals surface area contributed by atoms with Crippen LogP contribution in [0.15, 0.2) is 54.9 Å². The highest BCUT2D eigenvalue weighted by Crippen LogP contribution is 2.32. The van der Waals surface area contributed by atoms with E-state index in [9.17, 15) is 0 Å². The van der Waals surface area contributed by atoms with Crippen LogP contribution in [0.4, 0.5) is 0 Å². The summed E-state index contributed by atoms with van der Waals surface area (Å²) in [7, 11) is 3.25. The largest absolute Gasteiger partial charge is 0.493 e. The SMILES string of the molecule is COc1ccc(-c2ccc3nc(C)c(-c4cnc5[nH]ccc5c4)n3n2)cc1OC. The number of aromatic nitrogens is 5. The maximum absolute atomic E-state index is 5.43. The van der Waals surface area contributed by atoms with Gasteiger partial charge in [0.15, 0.2) is 17.1 Å². The molecule has 0 atom stereocenters. The van der Waals surface area contributed by atoms with Gasteiger partial charge < -0.3 is 14.5 Å².